The third-order valence-corrected chi connectivity index (χ3v) is 5.16. The van der Waals surface area contributed by atoms with Gasteiger partial charge in [-0.1, -0.05) is 6.42 Å². The van der Waals surface area contributed by atoms with Gasteiger partial charge in [0.1, 0.15) is 0 Å². The van der Waals surface area contributed by atoms with Crippen LogP contribution in [0.5, 0.6) is 0 Å². The maximum atomic E-state index is 5.98. The van der Waals surface area contributed by atoms with E-state index in [1.807, 2.05) is 0 Å². The van der Waals surface area contributed by atoms with E-state index in [0.29, 0.717) is 6.04 Å². The van der Waals surface area contributed by atoms with Crippen molar-refractivity contribution in [1.82, 2.24) is 5.32 Å². The molecule has 2 rings (SSSR count). The monoisotopic (exact) mass is 302 g/mol. The van der Waals surface area contributed by atoms with E-state index in [0.717, 1.165) is 19.0 Å². The highest BCUT2D eigenvalue weighted by Crippen LogP contribution is 2.24. The SMILES string of the molecule is NC1CCCC(CNCc2sccc2Br)C1. The molecule has 2 unspecified atom stereocenters. The van der Waals surface area contributed by atoms with Crippen molar-refractivity contribution in [3.05, 3.63) is 20.8 Å². The Morgan fingerprint density at radius 1 is 1.50 bits per heavy atom. The van der Waals surface area contributed by atoms with Crippen molar-refractivity contribution in [2.45, 2.75) is 38.3 Å². The van der Waals surface area contributed by atoms with Crippen LogP contribution in [0.3, 0.4) is 0 Å². The Bertz CT molecular complexity index is 327. The van der Waals surface area contributed by atoms with Gasteiger partial charge in [0, 0.05) is 21.9 Å². The molecule has 2 nitrogen and oxygen atoms in total. The first-order chi connectivity index (χ1) is 7.75. The Kier molecular flexibility index (Phi) is 4.82. The molecule has 1 saturated carbocycles. The molecule has 0 bridgehead atoms. The molecule has 4 heteroatoms. The first-order valence-corrected chi connectivity index (χ1v) is 7.61. The van der Waals surface area contributed by atoms with E-state index in [2.05, 4.69) is 32.7 Å². The van der Waals surface area contributed by atoms with Crippen LogP contribution in [0.1, 0.15) is 30.6 Å². The van der Waals surface area contributed by atoms with Crippen LogP contribution in [0.4, 0.5) is 0 Å². The Balaban J connectivity index is 1.70. The van der Waals surface area contributed by atoms with E-state index < -0.39 is 0 Å². The van der Waals surface area contributed by atoms with Crippen LogP contribution in [0.25, 0.3) is 0 Å². The number of thiophene rings is 1. The molecule has 1 heterocycles. The smallest absolute Gasteiger partial charge is 0.0327 e. The lowest BCUT2D eigenvalue weighted by molar-refractivity contribution is 0.310. The minimum atomic E-state index is 0.439. The van der Waals surface area contributed by atoms with Crippen LogP contribution >= 0.6 is 27.3 Å². The first-order valence-electron chi connectivity index (χ1n) is 5.94. The summed E-state index contributed by atoms with van der Waals surface area (Å²) in [7, 11) is 0. The van der Waals surface area contributed by atoms with Gasteiger partial charge in [0.25, 0.3) is 0 Å². The number of nitrogens with one attached hydrogen (secondary N) is 1. The fourth-order valence-corrected chi connectivity index (χ4v) is 3.82. The number of hydrogen-bond acceptors (Lipinski definition) is 3. The molecule has 0 saturated heterocycles. The summed E-state index contributed by atoms with van der Waals surface area (Å²) in [5.41, 5.74) is 5.98. The van der Waals surface area contributed by atoms with E-state index in [1.165, 1.54) is 35.0 Å². The predicted octanol–water partition coefficient (Wildman–Crippen LogP) is 3.12. The molecule has 16 heavy (non-hydrogen) atoms. The fourth-order valence-electron chi connectivity index (χ4n) is 2.36. The molecule has 0 aromatic carbocycles. The van der Waals surface area contributed by atoms with E-state index in [-0.39, 0.29) is 0 Å². The first kappa shape index (κ1) is 12.6. The molecule has 1 aliphatic carbocycles. The van der Waals surface area contributed by atoms with Gasteiger partial charge in [-0.25, -0.2) is 0 Å². The van der Waals surface area contributed by atoms with Gasteiger partial charge in [0.15, 0.2) is 0 Å². The van der Waals surface area contributed by atoms with E-state index in [4.69, 9.17) is 5.73 Å². The number of hydrogen-bond donors (Lipinski definition) is 2. The lowest BCUT2D eigenvalue weighted by Gasteiger charge is -2.26. The summed E-state index contributed by atoms with van der Waals surface area (Å²) in [4.78, 5) is 1.39. The van der Waals surface area contributed by atoms with E-state index >= 15 is 0 Å². The number of halogens is 1. The second-order valence-corrected chi connectivity index (χ2v) is 6.47. The number of nitrogens with two attached hydrogens (primary N) is 1. The highest BCUT2D eigenvalue weighted by atomic mass is 79.9. The summed E-state index contributed by atoms with van der Waals surface area (Å²) >= 11 is 5.36. The molecule has 1 aromatic rings. The molecule has 90 valence electrons. The molecule has 1 aromatic heterocycles. The van der Waals surface area contributed by atoms with Crippen molar-refractivity contribution in [2.75, 3.05) is 6.54 Å². The largest absolute Gasteiger partial charge is 0.328 e. The molecule has 1 aliphatic rings. The summed E-state index contributed by atoms with van der Waals surface area (Å²) < 4.78 is 1.23. The quantitative estimate of drug-likeness (QED) is 0.897. The van der Waals surface area contributed by atoms with Crippen LogP contribution < -0.4 is 11.1 Å². The Hall–Kier alpha value is 0.100. The maximum Gasteiger partial charge on any atom is 0.0327 e. The maximum absolute atomic E-state index is 5.98. The van der Waals surface area contributed by atoms with Gasteiger partial charge >= 0.3 is 0 Å². The molecule has 0 amide bonds. The molecule has 0 aliphatic heterocycles. The number of rotatable bonds is 4. The van der Waals surface area contributed by atoms with Crippen molar-refractivity contribution in [1.29, 1.82) is 0 Å². The summed E-state index contributed by atoms with van der Waals surface area (Å²) in [5.74, 6) is 0.780. The summed E-state index contributed by atoms with van der Waals surface area (Å²) in [5, 5.41) is 5.67. The van der Waals surface area contributed by atoms with Crippen molar-refractivity contribution in [3.8, 4) is 0 Å². The van der Waals surface area contributed by atoms with Gasteiger partial charge in [0.2, 0.25) is 0 Å². The Morgan fingerprint density at radius 2 is 2.38 bits per heavy atom. The fraction of sp³-hybridized carbons (Fsp3) is 0.667. The highest BCUT2D eigenvalue weighted by molar-refractivity contribution is 9.10. The van der Waals surface area contributed by atoms with Crippen LogP contribution in [0.15, 0.2) is 15.9 Å². The Morgan fingerprint density at radius 3 is 3.06 bits per heavy atom. The second-order valence-electron chi connectivity index (χ2n) is 4.62. The molecule has 1 fully saturated rings. The summed E-state index contributed by atoms with van der Waals surface area (Å²) in [6, 6.07) is 2.55. The summed E-state index contributed by atoms with van der Waals surface area (Å²) in [6.07, 6.45) is 5.05. The second kappa shape index (κ2) is 6.15. The van der Waals surface area contributed by atoms with Gasteiger partial charge in [-0.15, -0.1) is 11.3 Å². The third-order valence-electron chi connectivity index (χ3n) is 3.23. The molecule has 0 spiro atoms. The molecular weight excluding hydrogens is 284 g/mol. The van der Waals surface area contributed by atoms with Crippen molar-refractivity contribution in [2.24, 2.45) is 11.7 Å². The third kappa shape index (κ3) is 3.55. The lowest BCUT2D eigenvalue weighted by Crippen LogP contribution is -2.33. The van der Waals surface area contributed by atoms with Gasteiger partial charge in [-0.05, 0) is 59.1 Å². The van der Waals surface area contributed by atoms with Crippen LogP contribution in [0, 0.1) is 5.92 Å². The van der Waals surface area contributed by atoms with Crippen LogP contribution in [0.2, 0.25) is 0 Å². The minimum absolute atomic E-state index is 0.439. The standard InChI is InChI=1S/C12H19BrN2S/c13-11-4-5-16-12(11)8-15-7-9-2-1-3-10(14)6-9/h4-5,9-10,15H,1-3,6-8,14H2. The lowest BCUT2D eigenvalue weighted by atomic mass is 9.86. The van der Waals surface area contributed by atoms with Gasteiger partial charge in [-0.2, -0.15) is 0 Å². The topological polar surface area (TPSA) is 38.0 Å². The van der Waals surface area contributed by atoms with Crippen LogP contribution in [-0.2, 0) is 6.54 Å². The molecule has 0 radical (unpaired) electrons. The average molecular weight is 303 g/mol. The molecule has 3 N–H and O–H groups in total. The Labute approximate surface area is 110 Å². The zero-order valence-corrected chi connectivity index (χ0v) is 11.8. The zero-order valence-electron chi connectivity index (χ0n) is 9.42. The minimum Gasteiger partial charge on any atom is -0.328 e. The zero-order chi connectivity index (χ0) is 11.4. The summed E-state index contributed by atoms with van der Waals surface area (Å²) in [6.45, 7) is 2.09. The van der Waals surface area contributed by atoms with Gasteiger partial charge < -0.3 is 11.1 Å². The van der Waals surface area contributed by atoms with Gasteiger partial charge in [-0.3, -0.25) is 0 Å². The average Bonchev–Trinajstić information content (AvgIpc) is 2.65. The van der Waals surface area contributed by atoms with E-state index in [1.54, 1.807) is 11.3 Å². The van der Waals surface area contributed by atoms with Crippen molar-refractivity contribution in [3.63, 3.8) is 0 Å². The van der Waals surface area contributed by atoms with Gasteiger partial charge in [0.05, 0.1) is 0 Å². The van der Waals surface area contributed by atoms with E-state index in [9.17, 15) is 0 Å². The van der Waals surface area contributed by atoms with Crippen molar-refractivity contribution < 1.29 is 0 Å². The van der Waals surface area contributed by atoms with Crippen LogP contribution in [-0.4, -0.2) is 12.6 Å². The molecule has 2 atom stereocenters. The predicted molar refractivity (Wildman–Crippen MR) is 73.7 cm³/mol. The highest BCUT2D eigenvalue weighted by Gasteiger charge is 2.18. The van der Waals surface area contributed by atoms with Crippen molar-refractivity contribution >= 4 is 27.3 Å². The normalized spacial score (nSPS) is 25.9. The molecular formula is C12H19BrN2S.